The van der Waals surface area contributed by atoms with Gasteiger partial charge in [-0.2, -0.15) is 0 Å². The minimum absolute atomic E-state index is 0.129. The van der Waals surface area contributed by atoms with Gasteiger partial charge in [-0.15, -0.1) is 0 Å². The van der Waals surface area contributed by atoms with E-state index in [0.717, 1.165) is 5.76 Å². The molecule has 106 valence electrons. The van der Waals surface area contributed by atoms with Gasteiger partial charge in [0, 0.05) is 0 Å². The van der Waals surface area contributed by atoms with Crippen LogP contribution in [0.15, 0.2) is 40.8 Å². The maximum absolute atomic E-state index is 12.7. The molecule has 4 nitrogen and oxygen atoms in total. The van der Waals surface area contributed by atoms with Crippen molar-refractivity contribution in [3.05, 3.63) is 53.7 Å². The van der Waals surface area contributed by atoms with E-state index in [4.69, 9.17) is 9.15 Å². The molecule has 0 radical (unpaired) electrons. The van der Waals surface area contributed by atoms with E-state index in [9.17, 15) is 9.18 Å². The number of benzene rings is 1. The van der Waals surface area contributed by atoms with Crippen molar-refractivity contribution >= 4 is 5.91 Å². The molecule has 0 spiro atoms. The third kappa shape index (κ3) is 3.85. The summed E-state index contributed by atoms with van der Waals surface area (Å²) in [6, 6.07) is 8.94. The molecule has 20 heavy (non-hydrogen) atoms. The normalized spacial score (nSPS) is 11.9. The quantitative estimate of drug-likeness (QED) is 0.914. The van der Waals surface area contributed by atoms with Gasteiger partial charge in [0.15, 0.2) is 6.61 Å². The Morgan fingerprint density at radius 2 is 2.00 bits per heavy atom. The van der Waals surface area contributed by atoms with Crippen molar-refractivity contribution in [2.75, 3.05) is 6.61 Å². The highest BCUT2D eigenvalue weighted by Crippen LogP contribution is 2.15. The van der Waals surface area contributed by atoms with Crippen LogP contribution in [0.1, 0.15) is 24.5 Å². The highest BCUT2D eigenvalue weighted by atomic mass is 19.1. The average Bonchev–Trinajstić information content (AvgIpc) is 2.85. The van der Waals surface area contributed by atoms with Crippen molar-refractivity contribution in [1.29, 1.82) is 0 Å². The molecule has 2 aromatic rings. The molecule has 0 bridgehead atoms. The summed E-state index contributed by atoms with van der Waals surface area (Å²) < 4.78 is 23.4. The summed E-state index contributed by atoms with van der Waals surface area (Å²) in [6.07, 6.45) is 0. The van der Waals surface area contributed by atoms with Gasteiger partial charge < -0.3 is 14.5 Å². The summed E-state index contributed by atoms with van der Waals surface area (Å²) in [7, 11) is 0. The lowest BCUT2D eigenvalue weighted by molar-refractivity contribution is -0.123. The molecular formula is C15H16FNO3. The van der Waals surface area contributed by atoms with E-state index in [2.05, 4.69) is 5.32 Å². The maximum Gasteiger partial charge on any atom is 0.258 e. The first kappa shape index (κ1) is 14.1. The number of hydrogen-bond acceptors (Lipinski definition) is 3. The second-order valence-corrected chi connectivity index (χ2v) is 4.48. The van der Waals surface area contributed by atoms with Crippen LogP contribution < -0.4 is 10.1 Å². The zero-order valence-corrected chi connectivity index (χ0v) is 11.4. The first-order chi connectivity index (χ1) is 9.54. The first-order valence-corrected chi connectivity index (χ1v) is 6.28. The predicted octanol–water partition coefficient (Wildman–Crippen LogP) is 2.98. The van der Waals surface area contributed by atoms with E-state index in [-0.39, 0.29) is 24.4 Å². The van der Waals surface area contributed by atoms with E-state index < -0.39 is 0 Å². The summed E-state index contributed by atoms with van der Waals surface area (Å²) in [5.74, 6) is 1.32. The lowest BCUT2D eigenvalue weighted by atomic mass is 10.2. The van der Waals surface area contributed by atoms with Crippen LogP contribution >= 0.6 is 0 Å². The first-order valence-electron chi connectivity index (χ1n) is 6.28. The summed E-state index contributed by atoms with van der Waals surface area (Å²) in [4.78, 5) is 11.7. The number of carbonyl (C=O) groups excluding carboxylic acids is 1. The Labute approximate surface area is 116 Å². The third-order valence-electron chi connectivity index (χ3n) is 2.75. The van der Waals surface area contributed by atoms with Gasteiger partial charge in [-0.25, -0.2) is 4.39 Å². The molecule has 1 aromatic heterocycles. The van der Waals surface area contributed by atoms with Crippen molar-refractivity contribution in [1.82, 2.24) is 5.32 Å². The second-order valence-electron chi connectivity index (χ2n) is 4.48. The number of halogens is 1. The van der Waals surface area contributed by atoms with E-state index in [1.807, 2.05) is 26.0 Å². The fourth-order valence-electron chi connectivity index (χ4n) is 1.72. The summed E-state index contributed by atoms with van der Waals surface area (Å²) in [5.41, 5.74) is 0. The Morgan fingerprint density at radius 1 is 1.30 bits per heavy atom. The molecule has 1 aromatic carbocycles. The smallest absolute Gasteiger partial charge is 0.258 e. The number of aryl methyl sites for hydroxylation is 1. The molecule has 1 N–H and O–H groups in total. The molecule has 0 saturated heterocycles. The highest BCUT2D eigenvalue weighted by Gasteiger charge is 2.13. The van der Waals surface area contributed by atoms with Gasteiger partial charge in [0.25, 0.3) is 5.91 Å². The van der Waals surface area contributed by atoms with Gasteiger partial charge >= 0.3 is 0 Å². The topological polar surface area (TPSA) is 51.5 Å². The zero-order valence-electron chi connectivity index (χ0n) is 11.4. The van der Waals surface area contributed by atoms with E-state index in [1.165, 1.54) is 24.3 Å². The van der Waals surface area contributed by atoms with Crippen molar-refractivity contribution in [3.8, 4) is 5.75 Å². The lowest BCUT2D eigenvalue weighted by Crippen LogP contribution is -2.31. The van der Waals surface area contributed by atoms with E-state index >= 15 is 0 Å². The number of amides is 1. The molecule has 0 aliphatic rings. The Balaban J connectivity index is 1.82. The SMILES string of the molecule is Cc1ccc(C(C)NC(=O)COc2ccc(F)cc2)o1. The second kappa shape index (κ2) is 6.23. The molecule has 0 fully saturated rings. The molecule has 2 rings (SSSR count). The Bertz CT molecular complexity index is 577. The fourth-order valence-corrected chi connectivity index (χ4v) is 1.72. The Kier molecular flexibility index (Phi) is 4.40. The molecule has 0 aliphatic carbocycles. The van der Waals surface area contributed by atoms with Gasteiger partial charge in [-0.3, -0.25) is 4.79 Å². The third-order valence-corrected chi connectivity index (χ3v) is 2.75. The molecule has 0 saturated carbocycles. The van der Waals surface area contributed by atoms with Crippen molar-refractivity contribution in [2.45, 2.75) is 19.9 Å². The molecule has 1 atom stereocenters. The number of carbonyl (C=O) groups is 1. The molecule has 1 unspecified atom stereocenters. The minimum atomic E-state index is -0.344. The standard InChI is InChI=1S/C15H16FNO3/c1-10-3-8-14(20-10)11(2)17-15(18)9-19-13-6-4-12(16)5-7-13/h3-8,11H,9H2,1-2H3,(H,17,18). The van der Waals surface area contributed by atoms with Crippen LogP contribution in [0.5, 0.6) is 5.75 Å². The van der Waals surface area contributed by atoms with Crippen LogP contribution in [-0.2, 0) is 4.79 Å². The Hall–Kier alpha value is -2.30. The van der Waals surface area contributed by atoms with Crippen LogP contribution in [0.4, 0.5) is 4.39 Å². The number of hydrogen-bond donors (Lipinski definition) is 1. The number of nitrogens with one attached hydrogen (secondary N) is 1. The molecular weight excluding hydrogens is 261 g/mol. The van der Waals surface area contributed by atoms with Crippen LogP contribution in [0.2, 0.25) is 0 Å². The molecule has 1 heterocycles. The Morgan fingerprint density at radius 3 is 2.60 bits per heavy atom. The number of ether oxygens (including phenoxy) is 1. The van der Waals surface area contributed by atoms with E-state index in [1.54, 1.807) is 0 Å². The largest absolute Gasteiger partial charge is 0.484 e. The van der Waals surface area contributed by atoms with Gasteiger partial charge in [0.05, 0.1) is 6.04 Å². The fraction of sp³-hybridized carbons (Fsp3) is 0.267. The lowest BCUT2D eigenvalue weighted by Gasteiger charge is -2.12. The van der Waals surface area contributed by atoms with Crippen molar-refractivity contribution in [3.63, 3.8) is 0 Å². The van der Waals surface area contributed by atoms with Crippen LogP contribution in [-0.4, -0.2) is 12.5 Å². The highest BCUT2D eigenvalue weighted by molar-refractivity contribution is 5.77. The number of furan rings is 1. The molecule has 0 aliphatic heterocycles. The zero-order chi connectivity index (χ0) is 14.5. The van der Waals surface area contributed by atoms with Crippen molar-refractivity contribution in [2.24, 2.45) is 0 Å². The average molecular weight is 277 g/mol. The van der Waals surface area contributed by atoms with Crippen molar-refractivity contribution < 1.29 is 18.3 Å². The van der Waals surface area contributed by atoms with Gasteiger partial charge in [0.1, 0.15) is 23.1 Å². The summed E-state index contributed by atoms with van der Waals surface area (Å²) >= 11 is 0. The minimum Gasteiger partial charge on any atom is -0.484 e. The van der Waals surface area contributed by atoms with Gasteiger partial charge in [-0.1, -0.05) is 0 Å². The maximum atomic E-state index is 12.7. The predicted molar refractivity (Wildman–Crippen MR) is 71.9 cm³/mol. The monoisotopic (exact) mass is 277 g/mol. The van der Waals surface area contributed by atoms with Gasteiger partial charge in [-0.05, 0) is 50.2 Å². The van der Waals surface area contributed by atoms with Gasteiger partial charge in [0.2, 0.25) is 0 Å². The molecule has 5 heteroatoms. The summed E-state index contributed by atoms with van der Waals surface area (Å²) in [6.45, 7) is 3.54. The summed E-state index contributed by atoms with van der Waals surface area (Å²) in [5, 5.41) is 2.76. The van der Waals surface area contributed by atoms with E-state index in [0.29, 0.717) is 11.5 Å². The molecule has 1 amide bonds. The van der Waals surface area contributed by atoms with Crippen LogP contribution in [0, 0.1) is 12.7 Å². The van der Waals surface area contributed by atoms with Crippen LogP contribution in [0.3, 0.4) is 0 Å². The van der Waals surface area contributed by atoms with Crippen LogP contribution in [0.25, 0.3) is 0 Å². The number of rotatable bonds is 5.